The van der Waals surface area contributed by atoms with Crippen LogP contribution < -0.4 is 4.90 Å². The van der Waals surface area contributed by atoms with Crippen LogP contribution in [0.1, 0.15) is 11.1 Å². The third-order valence-electron chi connectivity index (χ3n) is 7.49. The van der Waals surface area contributed by atoms with Crippen molar-refractivity contribution in [3.8, 4) is 45.5 Å². The molecule has 6 aromatic rings. The molecular weight excluding hydrogens is 474 g/mol. The van der Waals surface area contributed by atoms with Gasteiger partial charge in [0.25, 0.3) is 0 Å². The van der Waals surface area contributed by atoms with Gasteiger partial charge in [-0.1, -0.05) is 66.7 Å². The molecule has 0 spiro atoms. The Bertz CT molecular complexity index is 1870. The zero-order chi connectivity index (χ0) is 26.3. The average Bonchev–Trinajstić information content (AvgIpc) is 3.34. The highest BCUT2D eigenvalue weighted by atomic mass is 15.1. The van der Waals surface area contributed by atoms with Crippen LogP contribution >= 0.6 is 0 Å². The molecule has 1 aliphatic carbocycles. The molecule has 1 aliphatic rings. The Labute approximate surface area is 227 Å². The van der Waals surface area contributed by atoms with E-state index < -0.39 is 0 Å². The lowest BCUT2D eigenvalue weighted by molar-refractivity contribution is 1.28. The van der Waals surface area contributed by atoms with Crippen LogP contribution in [0.3, 0.4) is 0 Å². The number of hydrogen-bond acceptors (Lipinski definition) is 3. The van der Waals surface area contributed by atoms with Gasteiger partial charge in [0.1, 0.15) is 0 Å². The molecule has 0 atom stereocenters. The van der Waals surface area contributed by atoms with Crippen molar-refractivity contribution >= 4 is 27.8 Å². The van der Waals surface area contributed by atoms with Crippen LogP contribution in [0.5, 0.6) is 0 Å². The molecule has 0 saturated heterocycles. The second-order valence-electron chi connectivity index (χ2n) is 9.63. The van der Waals surface area contributed by atoms with E-state index in [9.17, 15) is 10.5 Å². The van der Waals surface area contributed by atoms with Crippen LogP contribution in [-0.2, 0) is 0 Å². The van der Waals surface area contributed by atoms with Crippen molar-refractivity contribution in [2.75, 3.05) is 4.90 Å². The highest BCUT2D eigenvalue weighted by Crippen LogP contribution is 2.49. The third kappa shape index (κ3) is 3.65. The Morgan fingerprint density at radius 3 is 1.41 bits per heavy atom. The Balaban J connectivity index is 1.32. The predicted molar refractivity (Wildman–Crippen MR) is 158 cm³/mol. The van der Waals surface area contributed by atoms with Gasteiger partial charge in [-0.3, -0.25) is 0 Å². The van der Waals surface area contributed by atoms with Crippen LogP contribution in [0.4, 0.5) is 17.1 Å². The highest BCUT2D eigenvalue weighted by Gasteiger charge is 2.22. The average molecular weight is 496 g/mol. The fourth-order valence-corrected chi connectivity index (χ4v) is 5.67. The quantitative estimate of drug-likeness (QED) is 0.244. The summed E-state index contributed by atoms with van der Waals surface area (Å²) >= 11 is 0. The van der Waals surface area contributed by atoms with E-state index in [1.54, 1.807) is 0 Å². The van der Waals surface area contributed by atoms with Gasteiger partial charge in [0.2, 0.25) is 0 Å². The molecule has 0 N–H and O–H groups in total. The normalized spacial score (nSPS) is 11.0. The molecule has 0 saturated carbocycles. The number of rotatable bonds is 4. The maximum atomic E-state index is 9.27. The van der Waals surface area contributed by atoms with Crippen LogP contribution in [0.25, 0.3) is 44.2 Å². The SMILES string of the molecule is N#Cc1ccc(N(c2ccc(C#N)cc2)c2ccc(-c3ccc4c5c(cccc35)-c3ccccc3-4)cc2)cc1. The number of benzene rings is 6. The first-order valence-corrected chi connectivity index (χ1v) is 12.8. The van der Waals surface area contributed by atoms with E-state index in [1.165, 1.54) is 38.6 Å². The van der Waals surface area contributed by atoms with E-state index in [-0.39, 0.29) is 0 Å². The monoisotopic (exact) mass is 495 g/mol. The van der Waals surface area contributed by atoms with E-state index in [4.69, 9.17) is 0 Å². The molecule has 0 aliphatic heterocycles. The summed E-state index contributed by atoms with van der Waals surface area (Å²) in [5.41, 5.74) is 11.6. The molecule has 0 bridgehead atoms. The van der Waals surface area contributed by atoms with Crippen LogP contribution in [0, 0.1) is 22.7 Å². The summed E-state index contributed by atoms with van der Waals surface area (Å²) in [6.07, 6.45) is 0. The summed E-state index contributed by atoms with van der Waals surface area (Å²) in [5, 5.41) is 21.1. The maximum absolute atomic E-state index is 9.27. The van der Waals surface area contributed by atoms with Crippen molar-refractivity contribution < 1.29 is 0 Å². The maximum Gasteiger partial charge on any atom is 0.0991 e. The minimum atomic E-state index is 0.614. The predicted octanol–water partition coefficient (Wildman–Crippen LogP) is 9.37. The fraction of sp³-hybridized carbons (Fsp3) is 0. The minimum Gasteiger partial charge on any atom is -0.311 e. The van der Waals surface area contributed by atoms with Gasteiger partial charge in [0.05, 0.1) is 23.3 Å². The van der Waals surface area contributed by atoms with E-state index in [0.717, 1.165) is 22.6 Å². The lowest BCUT2D eigenvalue weighted by atomic mass is 9.94. The van der Waals surface area contributed by atoms with E-state index in [0.29, 0.717) is 11.1 Å². The van der Waals surface area contributed by atoms with Crippen LogP contribution in [0.15, 0.2) is 127 Å². The molecule has 39 heavy (non-hydrogen) atoms. The third-order valence-corrected chi connectivity index (χ3v) is 7.49. The summed E-state index contributed by atoms with van der Waals surface area (Å²) in [6, 6.07) is 47.8. The van der Waals surface area contributed by atoms with Crippen molar-refractivity contribution in [2.24, 2.45) is 0 Å². The summed E-state index contributed by atoms with van der Waals surface area (Å²) in [7, 11) is 0. The van der Waals surface area contributed by atoms with Gasteiger partial charge in [-0.15, -0.1) is 0 Å². The standard InChI is InChI=1S/C36H21N3/c37-22-24-8-14-27(15-9-24)39(28-16-10-25(23-38)11-17-28)29-18-12-26(13-19-29)30-20-21-35-32-5-2-1-4-31(32)34-7-3-6-33(30)36(34)35/h1-21H. The number of fused-ring (bicyclic) bond motifs is 3. The lowest BCUT2D eigenvalue weighted by Gasteiger charge is -2.26. The van der Waals surface area contributed by atoms with Gasteiger partial charge in [0, 0.05) is 17.1 Å². The van der Waals surface area contributed by atoms with Crippen LogP contribution in [-0.4, -0.2) is 0 Å². The van der Waals surface area contributed by atoms with Crippen molar-refractivity contribution in [3.05, 3.63) is 139 Å². The van der Waals surface area contributed by atoms with E-state index in [1.807, 2.05) is 48.5 Å². The molecule has 0 unspecified atom stereocenters. The molecule has 0 radical (unpaired) electrons. The largest absolute Gasteiger partial charge is 0.311 e. The molecule has 3 heteroatoms. The second kappa shape index (κ2) is 9.03. The summed E-state index contributed by atoms with van der Waals surface area (Å²) in [4.78, 5) is 2.14. The first-order valence-electron chi connectivity index (χ1n) is 12.8. The Kier molecular flexibility index (Phi) is 5.22. The number of nitriles is 2. The van der Waals surface area contributed by atoms with Crippen LogP contribution in [0.2, 0.25) is 0 Å². The fourth-order valence-electron chi connectivity index (χ4n) is 5.67. The topological polar surface area (TPSA) is 50.8 Å². The van der Waals surface area contributed by atoms with Gasteiger partial charge in [-0.05, 0) is 105 Å². The van der Waals surface area contributed by atoms with Gasteiger partial charge in [-0.2, -0.15) is 10.5 Å². The summed E-state index contributed by atoms with van der Waals surface area (Å²) < 4.78 is 0. The zero-order valence-electron chi connectivity index (χ0n) is 21.0. The molecule has 0 amide bonds. The zero-order valence-corrected chi connectivity index (χ0v) is 21.0. The summed E-state index contributed by atoms with van der Waals surface area (Å²) in [6.45, 7) is 0. The molecule has 6 aromatic carbocycles. The second-order valence-corrected chi connectivity index (χ2v) is 9.63. The van der Waals surface area contributed by atoms with Gasteiger partial charge < -0.3 is 4.90 Å². The Morgan fingerprint density at radius 1 is 0.410 bits per heavy atom. The van der Waals surface area contributed by atoms with Crippen molar-refractivity contribution in [1.82, 2.24) is 0 Å². The first kappa shape index (κ1) is 22.5. The van der Waals surface area contributed by atoms with Crippen molar-refractivity contribution in [2.45, 2.75) is 0 Å². The highest BCUT2D eigenvalue weighted by molar-refractivity contribution is 6.18. The smallest absolute Gasteiger partial charge is 0.0991 e. The number of hydrogen-bond donors (Lipinski definition) is 0. The Hall–Kier alpha value is -5.64. The van der Waals surface area contributed by atoms with Gasteiger partial charge in [-0.25, -0.2) is 0 Å². The molecule has 180 valence electrons. The van der Waals surface area contributed by atoms with Gasteiger partial charge in [0.15, 0.2) is 0 Å². The van der Waals surface area contributed by atoms with Crippen molar-refractivity contribution in [1.29, 1.82) is 10.5 Å². The van der Waals surface area contributed by atoms with E-state index in [2.05, 4.69) is 95.9 Å². The molecule has 3 nitrogen and oxygen atoms in total. The molecule has 0 aromatic heterocycles. The number of nitrogens with zero attached hydrogens (tertiary/aromatic N) is 3. The lowest BCUT2D eigenvalue weighted by Crippen LogP contribution is -2.09. The van der Waals surface area contributed by atoms with E-state index >= 15 is 0 Å². The molecule has 0 heterocycles. The number of anilines is 3. The molecular formula is C36H21N3. The van der Waals surface area contributed by atoms with Gasteiger partial charge >= 0.3 is 0 Å². The minimum absolute atomic E-state index is 0.614. The first-order chi connectivity index (χ1) is 19.2. The van der Waals surface area contributed by atoms with Crippen molar-refractivity contribution in [3.63, 3.8) is 0 Å². The Morgan fingerprint density at radius 2 is 0.872 bits per heavy atom. The summed E-state index contributed by atoms with van der Waals surface area (Å²) in [5.74, 6) is 0. The molecule has 7 rings (SSSR count). The molecule has 0 fully saturated rings.